The number of aliphatic hydroxyl groups excluding tert-OH is 1. The van der Waals surface area contributed by atoms with Gasteiger partial charge in [0.25, 0.3) is 5.91 Å². The highest BCUT2D eigenvalue weighted by molar-refractivity contribution is 9.09. The van der Waals surface area contributed by atoms with Crippen molar-refractivity contribution < 1.29 is 29.0 Å². The molecule has 1 spiro atoms. The fourth-order valence-corrected chi connectivity index (χ4v) is 7.39. The van der Waals surface area contributed by atoms with E-state index in [1.54, 1.807) is 22.0 Å². The molecule has 2 amide bonds. The zero-order valence-electron chi connectivity index (χ0n) is 22.1. The second-order valence-electron chi connectivity index (χ2n) is 10.3. The number of aryl methyl sites for hydroxylation is 2. The topological polar surface area (TPSA) is 96.4 Å². The van der Waals surface area contributed by atoms with Crippen LogP contribution >= 0.6 is 15.9 Å². The number of unbranched alkanes of at least 4 members (excludes halogenated alkanes) is 1. The van der Waals surface area contributed by atoms with E-state index in [9.17, 15) is 19.5 Å². The van der Waals surface area contributed by atoms with Gasteiger partial charge in [0.1, 0.15) is 11.6 Å². The Balaban J connectivity index is 1.77. The number of para-hydroxylation sites is 1. The molecule has 3 saturated heterocycles. The number of nitrogens with zero attached hydrogens (tertiary/aromatic N) is 2. The van der Waals surface area contributed by atoms with Crippen molar-refractivity contribution in [3.63, 3.8) is 0 Å². The Morgan fingerprint density at radius 1 is 1.26 bits per heavy atom. The standard InChI is InChI=1S/C29H37BrN2O6/c1-5-7-16-37-28(36)21-22-26(34)32(14-8-9-15-33)25(29(22)17-20(30)24(21)38-29)27(35)31(13-6-2)23-18(3)11-10-12-19(23)4/h5-6,10-12,20-22,24-25,33H,1-2,7-9,13-17H2,3-4H3/t20?,21-,22-,24-,25?,29?/m0/s1. The van der Waals surface area contributed by atoms with Crippen LogP contribution in [0.4, 0.5) is 5.69 Å². The van der Waals surface area contributed by atoms with Gasteiger partial charge in [0.05, 0.1) is 24.5 Å². The number of amides is 2. The van der Waals surface area contributed by atoms with Crippen LogP contribution in [0.2, 0.25) is 0 Å². The predicted octanol–water partition coefficient (Wildman–Crippen LogP) is 3.46. The summed E-state index contributed by atoms with van der Waals surface area (Å²) in [4.78, 5) is 44.9. The van der Waals surface area contributed by atoms with E-state index in [1.165, 1.54) is 0 Å². The number of carbonyl (C=O) groups excluding carboxylic acids is 3. The summed E-state index contributed by atoms with van der Waals surface area (Å²) in [6.07, 6.45) is 4.72. The molecule has 206 valence electrons. The lowest BCUT2D eigenvalue weighted by atomic mass is 9.70. The van der Waals surface area contributed by atoms with E-state index in [-0.39, 0.29) is 42.9 Å². The maximum absolute atomic E-state index is 14.6. The smallest absolute Gasteiger partial charge is 0.312 e. The number of hydrogen-bond acceptors (Lipinski definition) is 6. The van der Waals surface area contributed by atoms with Crippen LogP contribution in [0.3, 0.4) is 0 Å². The maximum Gasteiger partial charge on any atom is 0.312 e. The highest BCUT2D eigenvalue weighted by atomic mass is 79.9. The molecule has 1 aromatic rings. The molecular formula is C29H37BrN2O6. The Bertz CT molecular complexity index is 1090. The summed E-state index contributed by atoms with van der Waals surface area (Å²) < 4.78 is 12.1. The van der Waals surface area contributed by atoms with Crippen molar-refractivity contribution in [2.75, 3.05) is 31.2 Å². The molecule has 1 aromatic carbocycles. The molecule has 6 atom stereocenters. The first-order valence-corrected chi connectivity index (χ1v) is 14.1. The van der Waals surface area contributed by atoms with E-state index in [1.807, 2.05) is 32.0 Å². The summed E-state index contributed by atoms with van der Waals surface area (Å²) in [7, 11) is 0. The highest BCUT2D eigenvalue weighted by Crippen LogP contribution is 2.60. The molecule has 3 fully saturated rings. The number of anilines is 1. The highest BCUT2D eigenvalue weighted by Gasteiger charge is 2.77. The molecule has 0 saturated carbocycles. The fraction of sp³-hybridized carbons (Fsp3) is 0.552. The average Bonchev–Trinajstić information content (AvgIpc) is 3.47. The summed E-state index contributed by atoms with van der Waals surface area (Å²) in [5.74, 6) is -2.64. The number of hydrogen-bond donors (Lipinski definition) is 1. The summed E-state index contributed by atoms with van der Waals surface area (Å²) in [6, 6.07) is 4.92. The summed E-state index contributed by atoms with van der Waals surface area (Å²) in [5, 5.41) is 9.38. The quantitative estimate of drug-likeness (QED) is 0.174. The number of benzene rings is 1. The number of carbonyl (C=O) groups is 3. The SMILES string of the molecule is C=CCCOC(=O)[C@H]1[C@H]2C(=O)N(CCCCO)C(C(=O)N(CC=C)c3c(C)cccc3C)C23CC(Br)[C@@H]1O3. The van der Waals surface area contributed by atoms with Gasteiger partial charge in [-0.25, -0.2) is 0 Å². The van der Waals surface area contributed by atoms with Crippen molar-refractivity contribution in [2.45, 2.75) is 62.1 Å². The van der Waals surface area contributed by atoms with Gasteiger partial charge in [-0.05, 0) is 50.7 Å². The largest absolute Gasteiger partial charge is 0.465 e. The first-order chi connectivity index (χ1) is 18.2. The van der Waals surface area contributed by atoms with Crippen LogP contribution in [0, 0.1) is 25.7 Å². The minimum absolute atomic E-state index is 0.0134. The lowest BCUT2D eigenvalue weighted by Crippen LogP contribution is -2.57. The minimum atomic E-state index is -1.16. The van der Waals surface area contributed by atoms with Crippen LogP contribution < -0.4 is 4.90 Å². The van der Waals surface area contributed by atoms with Gasteiger partial charge in [-0.3, -0.25) is 14.4 Å². The molecule has 0 aliphatic carbocycles. The molecule has 38 heavy (non-hydrogen) atoms. The number of ether oxygens (including phenoxy) is 2. The van der Waals surface area contributed by atoms with E-state index >= 15 is 0 Å². The molecule has 3 aliphatic rings. The van der Waals surface area contributed by atoms with Crippen molar-refractivity contribution in [3.8, 4) is 0 Å². The molecule has 1 N–H and O–H groups in total. The van der Waals surface area contributed by atoms with Crippen LogP contribution in [0.5, 0.6) is 0 Å². The van der Waals surface area contributed by atoms with Gasteiger partial charge in [0.15, 0.2) is 0 Å². The molecule has 0 radical (unpaired) electrons. The molecule has 3 heterocycles. The van der Waals surface area contributed by atoms with Gasteiger partial charge in [-0.1, -0.05) is 46.3 Å². The average molecular weight is 590 g/mol. The van der Waals surface area contributed by atoms with Crippen LogP contribution in [-0.2, 0) is 23.9 Å². The number of likely N-dealkylation sites (tertiary alicyclic amines) is 1. The predicted molar refractivity (Wildman–Crippen MR) is 148 cm³/mol. The molecule has 3 unspecified atom stereocenters. The Kier molecular flexibility index (Phi) is 8.79. The van der Waals surface area contributed by atoms with Crippen LogP contribution in [0.25, 0.3) is 0 Å². The van der Waals surface area contributed by atoms with Crippen molar-refractivity contribution >= 4 is 39.4 Å². The van der Waals surface area contributed by atoms with Gasteiger partial charge < -0.3 is 24.4 Å². The monoisotopic (exact) mass is 588 g/mol. The first-order valence-electron chi connectivity index (χ1n) is 13.2. The van der Waals surface area contributed by atoms with Gasteiger partial charge in [0.2, 0.25) is 5.91 Å². The third-order valence-electron chi connectivity index (χ3n) is 7.96. The van der Waals surface area contributed by atoms with Crippen molar-refractivity contribution in [1.29, 1.82) is 0 Å². The van der Waals surface area contributed by atoms with Crippen molar-refractivity contribution in [2.24, 2.45) is 11.8 Å². The van der Waals surface area contributed by atoms with Gasteiger partial charge >= 0.3 is 5.97 Å². The first kappa shape index (κ1) is 28.5. The summed E-state index contributed by atoms with van der Waals surface area (Å²) in [5.41, 5.74) is 1.49. The third-order valence-corrected chi connectivity index (χ3v) is 8.80. The fourth-order valence-electron chi connectivity index (χ4n) is 6.45. The minimum Gasteiger partial charge on any atom is -0.465 e. The Morgan fingerprint density at radius 3 is 2.61 bits per heavy atom. The zero-order chi connectivity index (χ0) is 27.6. The summed E-state index contributed by atoms with van der Waals surface area (Å²) in [6.45, 7) is 12.1. The van der Waals surface area contributed by atoms with E-state index in [0.29, 0.717) is 25.7 Å². The number of alkyl halides is 1. The zero-order valence-corrected chi connectivity index (χ0v) is 23.7. The van der Waals surface area contributed by atoms with E-state index in [0.717, 1.165) is 16.8 Å². The molecular weight excluding hydrogens is 552 g/mol. The molecule has 2 bridgehead atoms. The molecule has 0 aromatic heterocycles. The Morgan fingerprint density at radius 2 is 1.97 bits per heavy atom. The maximum atomic E-state index is 14.6. The number of rotatable bonds is 12. The Labute approximate surface area is 232 Å². The second-order valence-corrected chi connectivity index (χ2v) is 11.5. The van der Waals surface area contributed by atoms with Crippen LogP contribution in [-0.4, -0.2) is 76.7 Å². The number of fused-ring (bicyclic) bond motifs is 1. The van der Waals surface area contributed by atoms with Crippen molar-refractivity contribution in [1.82, 2.24) is 4.90 Å². The normalized spacial score (nSPS) is 29.3. The number of aliphatic hydroxyl groups is 1. The third kappa shape index (κ3) is 4.73. The lowest BCUT2D eigenvalue weighted by molar-refractivity contribution is -0.154. The second kappa shape index (κ2) is 11.7. The number of halogens is 1. The molecule has 9 heteroatoms. The van der Waals surface area contributed by atoms with E-state index in [4.69, 9.17) is 9.47 Å². The summed E-state index contributed by atoms with van der Waals surface area (Å²) >= 11 is 3.68. The van der Waals surface area contributed by atoms with Crippen LogP contribution in [0.15, 0.2) is 43.5 Å². The number of esters is 1. The van der Waals surface area contributed by atoms with E-state index < -0.39 is 35.6 Å². The van der Waals surface area contributed by atoms with Gasteiger partial charge in [-0.15, -0.1) is 13.2 Å². The lowest BCUT2D eigenvalue weighted by Gasteiger charge is -2.37. The van der Waals surface area contributed by atoms with Crippen LogP contribution in [0.1, 0.15) is 36.8 Å². The van der Waals surface area contributed by atoms with Crippen molar-refractivity contribution in [3.05, 3.63) is 54.6 Å². The molecule has 4 rings (SSSR count). The molecule has 3 aliphatic heterocycles. The Hall–Kier alpha value is -2.49. The van der Waals surface area contributed by atoms with E-state index in [2.05, 4.69) is 29.1 Å². The van der Waals surface area contributed by atoms with Gasteiger partial charge in [-0.2, -0.15) is 0 Å². The van der Waals surface area contributed by atoms with Gasteiger partial charge in [0, 0.05) is 30.2 Å². The molecule has 8 nitrogen and oxygen atoms in total.